The molecular weight excluding hydrogens is 318 g/mol. The Morgan fingerprint density at radius 2 is 1.83 bits per heavy atom. The first-order valence-electron chi connectivity index (χ1n) is 5.12. The molecule has 0 atom stereocenters. The van der Waals surface area contributed by atoms with Gasteiger partial charge in [0, 0.05) is 15.2 Å². The van der Waals surface area contributed by atoms with Crippen molar-refractivity contribution >= 4 is 39.1 Å². The molecule has 0 fully saturated rings. The highest BCUT2D eigenvalue weighted by molar-refractivity contribution is 9.10. The molecule has 5 heteroatoms. The van der Waals surface area contributed by atoms with Crippen molar-refractivity contribution in [3.8, 4) is 5.75 Å². The molecule has 0 aromatic heterocycles. The van der Waals surface area contributed by atoms with Crippen LogP contribution in [0.15, 0.2) is 46.9 Å². The van der Waals surface area contributed by atoms with E-state index in [1.54, 1.807) is 18.2 Å². The van der Waals surface area contributed by atoms with Gasteiger partial charge in [-0.1, -0.05) is 27.5 Å². The number of rotatable bonds is 2. The van der Waals surface area contributed by atoms with Crippen LogP contribution in [0, 0.1) is 0 Å². The van der Waals surface area contributed by atoms with Crippen molar-refractivity contribution in [2.45, 2.75) is 0 Å². The quantitative estimate of drug-likeness (QED) is 0.874. The molecule has 2 aromatic carbocycles. The number of carbonyl (C=O) groups is 1. The monoisotopic (exact) mass is 325 g/mol. The van der Waals surface area contributed by atoms with Crippen LogP contribution >= 0.6 is 27.5 Å². The van der Waals surface area contributed by atoms with Gasteiger partial charge in [0.05, 0.1) is 5.56 Å². The molecule has 2 N–H and O–H groups in total. The molecule has 0 saturated carbocycles. The number of halogens is 2. The number of amides is 1. The highest BCUT2D eigenvalue weighted by Gasteiger charge is 2.11. The zero-order valence-electron chi connectivity index (χ0n) is 9.15. The summed E-state index contributed by atoms with van der Waals surface area (Å²) in [5.74, 6) is -0.524. The standard InChI is InChI=1S/C13H9BrClNO2/c14-8-1-4-10(5-2-8)16-13(18)11-6-3-9(15)7-12(11)17/h1-7,17H,(H,16,18). The first-order valence-corrected chi connectivity index (χ1v) is 6.29. The summed E-state index contributed by atoms with van der Waals surface area (Å²) in [6.07, 6.45) is 0. The van der Waals surface area contributed by atoms with Crippen LogP contribution in [-0.2, 0) is 0 Å². The Hall–Kier alpha value is -1.52. The Labute approximate surface area is 118 Å². The molecule has 2 aromatic rings. The normalized spacial score (nSPS) is 10.1. The van der Waals surface area contributed by atoms with Gasteiger partial charge in [-0.15, -0.1) is 0 Å². The lowest BCUT2D eigenvalue weighted by molar-refractivity contribution is 0.102. The Bertz CT molecular complexity index is 584. The van der Waals surface area contributed by atoms with E-state index < -0.39 is 0 Å². The number of carbonyl (C=O) groups excluding carboxylic acids is 1. The fraction of sp³-hybridized carbons (Fsp3) is 0. The number of anilines is 1. The molecule has 0 aliphatic rings. The van der Waals surface area contributed by atoms with Gasteiger partial charge in [0.25, 0.3) is 5.91 Å². The summed E-state index contributed by atoms with van der Waals surface area (Å²) in [7, 11) is 0. The molecule has 0 radical (unpaired) electrons. The Balaban J connectivity index is 2.19. The van der Waals surface area contributed by atoms with Crippen molar-refractivity contribution in [2.24, 2.45) is 0 Å². The molecule has 92 valence electrons. The minimum atomic E-state index is -0.383. The van der Waals surface area contributed by atoms with Gasteiger partial charge >= 0.3 is 0 Å². The molecule has 0 spiro atoms. The average Bonchev–Trinajstić information content (AvgIpc) is 2.32. The number of phenols is 1. The highest BCUT2D eigenvalue weighted by Crippen LogP contribution is 2.23. The Morgan fingerprint density at radius 1 is 1.17 bits per heavy atom. The third-order valence-electron chi connectivity index (χ3n) is 2.31. The van der Waals surface area contributed by atoms with Crippen molar-refractivity contribution < 1.29 is 9.90 Å². The van der Waals surface area contributed by atoms with Crippen LogP contribution in [0.1, 0.15) is 10.4 Å². The van der Waals surface area contributed by atoms with Crippen LogP contribution in [0.5, 0.6) is 5.75 Å². The fourth-order valence-electron chi connectivity index (χ4n) is 1.43. The minimum absolute atomic E-state index is 0.142. The van der Waals surface area contributed by atoms with Gasteiger partial charge in [-0.2, -0.15) is 0 Å². The van der Waals surface area contributed by atoms with E-state index >= 15 is 0 Å². The van der Waals surface area contributed by atoms with Crippen molar-refractivity contribution in [3.05, 3.63) is 57.5 Å². The molecule has 1 amide bonds. The zero-order valence-corrected chi connectivity index (χ0v) is 11.5. The molecule has 0 aliphatic carbocycles. The maximum atomic E-state index is 11.9. The number of aromatic hydroxyl groups is 1. The van der Waals surface area contributed by atoms with E-state index in [9.17, 15) is 9.90 Å². The highest BCUT2D eigenvalue weighted by atomic mass is 79.9. The molecule has 0 aliphatic heterocycles. The molecule has 0 bridgehead atoms. The van der Waals surface area contributed by atoms with Crippen LogP contribution < -0.4 is 5.32 Å². The van der Waals surface area contributed by atoms with Crippen LogP contribution in [0.4, 0.5) is 5.69 Å². The van der Waals surface area contributed by atoms with Gasteiger partial charge in [-0.05, 0) is 42.5 Å². The lowest BCUT2D eigenvalue weighted by Gasteiger charge is -2.07. The van der Waals surface area contributed by atoms with Crippen LogP contribution in [0.25, 0.3) is 0 Å². The van der Waals surface area contributed by atoms with Crippen molar-refractivity contribution in [1.29, 1.82) is 0 Å². The van der Waals surface area contributed by atoms with Crippen LogP contribution in [0.3, 0.4) is 0 Å². The molecule has 3 nitrogen and oxygen atoms in total. The lowest BCUT2D eigenvalue weighted by Crippen LogP contribution is -2.11. The second-order valence-electron chi connectivity index (χ2n) is 3.62. The number of nitrogens with one attached hydrogen (secondary N) is 1. The third-order valence-corrected chi connectivity index (χ3v) is 3.07. The largest absolute Gasteiger partial charge is 0.507 e. The van der Waals surface area contributed by atoms with Gasteiger partial charge in [0.15, 0.2) is 0 Å². The van der Waals surface area contributed by atoms with Crippen molar-refractivity contribution in [2.75, 3.05) is 5.32 Å². The van der Waals surface area contributed by atoms with Gasteiger partial charge in [-0.3, -0.25) is 4.79 Å². The van der Waals surface area contributed by atoms with E-state index in [0.717, 1.165) is 4.47 Å². The first-order chi connectivity index (χ1) is 8.56. The summed E-state index contributed by atoms with van der Waals surface area (Å²) in [4.78, 5) is 11.9. The summed E-state index contributed by atoms with van der Waals surface area (Å²) in [5.41, 5.74) is 0.833. The van der Waals surface area contributed by atoms with Crippen molar-refractivity contribution in [3.63, 3.8) is 0 Å². The van der Waals surface area contributed by atoms with E-state index in [2.05, 4.69) is 21.2 Å². The summed E-state index contributed by atoms with van der Waals surface area (Å²) in [6, 6.07) is 11.5. The van der Waals surface area contributed by atoms with E-state index in [1.165, 1.54) is 12.1 Å². The first kappa shape index (κ1) is 12.9. The van der Waals surface area contributed by atoms with Gasteiger partial charge < -0.3 is 10.4 Å². The molecule has 0 saturated heterocycles. The van der Waals surface area contributed by atoms with E-state index in [-0.39, 0.29) is 17.2 Å². The molecular formula is C13H9BrClNO2. The molecule has 18 heavy (non-hydrogen) atoms. The number of benzene rings is 2. The lowest BCUT2D eigenvalue weighted by atomic mass is 10.2. The smallest absolute Gasteiger partial charge is 0.259 e. The SMILES string of the molecule is O=C(Nc1ccc(Br)cc1)c1ccc(Cl)cc1O. The second-order valence-corrected chi connectivity index (χ2v) is 4.97. The molecule has 0 heterocycles. The number of hydrogen-bond acceptors (Lipinski definition) is 2. The second kappa shape index (κ2) is 5.42. The average molecular weight is 327 g/mol. The van der Waals surface area contributed by atoms with Crippen molar-refractivity contribution in [1.82, 2.24) is 0 Å². The predicted molar refractivity (Wildman–Crippen MR) is 75.2 cm³/mol. The summed E-state index contributed by atoms with van der Waals surface area (Å²) < 4.78 is 0.926. The minimum Gasteiger partial charge on any atom is -0.507 e. The zero-order chi connectivity index (χ0) is 13.1. The summed E-state index contributed by atoms with van der Waals surface area (Å²) in [6.45, 7) is 0. The van der Waals surface area contributed by atoms with Gasteiger partial charge in [0.2, 0.25) is 0 Å². The van der Waals surface area contributed by atoms with E-state index in [1.807, 2.05) is 12.1 Å². The maximum absolute atomic E-state index is 11.9. The van der Waals surface area contributed by atoms with Crippen LogP contribution in [0.2, 0.25) is 5.02 Å². The topological polar surface area (TPSA) is 49.3 Å². The van der Waals surface area contributed by atoms with E-state index in [4.69, 9.17) is 11.6 Å². The number of phenolic OH excluding ortho intramolecular Hbond substituents is 1. The van der Waals surface area contributed by atoms with Crippen LogP contribution in [-0.4, -0.2) is 11.0 Å². The fourth-order valence-corrected chi connectivity index (χ4v) is 1.86. The molecule has 0 unspecified atom stereocenters. The Kier molecular flexibility index (Phi) is 3.89. The summed E-state index contributed by atoms with van der Waals surface area (Å²) in [5, 5.41) is 12.7. The summed E-state index contributed by atoms with van der Waals surface area (Å²) >= 11 is 9.01. The maximum Gasteiger partial charge on any atom is 0.259 e. The van der Waals surface area contributed by atoms with Gasteiger partial charge in [-0.25, -0.2) is 0 Å². The Morgan fingerprint density at radius 3 is 2.44 bits per heavy atom. The van der Waals surface area contributed by atoms with Gasteiger partial charge in [0.1, 0.15) is 5.75 Å². The predicted octanol–water partition coefficient (Wildman–Crippen LogP) is 4.06. The molecule has 2 rings (SSSR count). The number of hydrogen-bond donors (Lipinski definition) is 2. The van der Waals surface area contributed by atoms with E-state index in [0.29, 0.717) is 10.7 Å². The third kappa shape index (κ3) is 3.03.